The summed E-state index contributed by atoms with van der Waals surface area (Å²) in [6, 6.07) is 13.1. The van der Waals surface area contributed by atoms with E-state index in [0.29, 0.717) is 17.4 Å². The first-order chi connectivity index (χ1) is 8.56. The van der Waals surface area contributed by atoms with Crippen LogP contribution in [-0.4, -0.2) is 10.2 Å². The molecule has 0 saturated carbocycles. The van der Waals surface area contributed by atoms with Crippen LogP contribution in [0.15, 0.2) is 42.5 Å². The monoisotopic (exact) mass is 242 g/mol. The van der Waals surface area contributed by atoms with Crippen molar-refractivity contribution in [2.45, 2.75) is 26.2 Å². The van der Waals surface area contributed by atoms with Gasteiger partial charge < -0.3 is 10.2 Å². The van der Waals surface area contributed by atoms with Crippen LogP contribution >= 0.6 is 0 Å². The molecule has 0 fully saturated rings. The molecule has 0 aliphatic rings. The Labute approximate surface area is 108 Å². The van der Waals surface area contributed by atoms with Gasteiger partial charge in [-0.2, -0.15) is 0 Å². The number of hydrogen-bond donors (Lipinski definition) is 2. The molecule has 0 bridgehead atoms. The summed E-state index contributed by atoms with van der Waals surface area (Å²) in [5.41, 5.74) is 3.33. The maximum atomic E-state index is 9.50. The van der Waals surface area contributed by atoms with Gasteiger partial charge in [0.2, 0.25) is 0 Å². The molecule has 2 aromatic carbocycles. The van der Waals surface area contributed by atoms with E-state index < -0.39 is 0 Å². The Bertz CT molecular complexity index is 529. The molecule has 2 heteroatoms. The first-order valence-electron chi connectivity index (χ1n) is 6.13. The lowest BCUT2D eigenvalue weighted by atomic mass is 9.93. The standard InChI is InChI=1S/C16H18O2/c1-11(14-4-6-15(17)7-5-14)9-13-3-8-16(18)12(2)10-13/h3-8,10-11,17-18H,9H2,1-2H3. The molecule has 18 heavy (non-hydrogen) atoms. The molecule has 1 unspecified atom stereocenters. The first-order valence-corrected chi connectivity index (χ1v) is 6.13. The maximum Gasteiger partial charge on any atom is 0.118 e. The average molecular weight is 242 g/mol. The zero-order valence-corrected chi connectivity index (χ0v) is 10.7. The zero-order chi connectivity index (χ0) is 13.1. The van der Waals surface area contributed by atoms with Crippen molar-refractivity contribution in [1.82, 2.24) is 0 Å². The molecule has 0 amide bonds. The second-order valence-corrected chi connectivity index (χ2v) is 4.82. The van der Waals surface area contributed by atoms with E-state index in [0.717, 1.165) is 12.0 Å². The van der Waals surface area contributed by atoms with E-state index in [2.05, 4.69) is 6.92 Å². The van der Waals surface area contributed by atoms with E-state index in [1.165, 1.54) is 11.1 Å². The van der Waals surface area contributed by atoms with E-state index >= 15 is 0 Å². The minimum atomic E-state index is 0.298. The van der Waals surface area contributed by atoms with Crippen LogP contribution in [0, 0.1) is 6.92 Å². The van der Waals surface area contributed by atoms with Gasteiger partial charge in [0.25, 0.3) is 0 Å². The Hall–Kier alpha value is -1.96. The summed E-state index contributed by atoms with van der Waals surface area (Å²) in [5, 5.41) is 18.8. The normalized spacial score (nSPS) is 12.3. The van der Waals surface area contributed by atoms with Gasteiger partial charge in [0.1, 0.15) is 11.5 Å². The van der Waals surface area contributed by atoms with Crippen LogP contribution < -0.4 is 0 Å². The zero-order valence-electron chi connectivity index (χ0n) is 10.7. The first kappa shape index (κ1) is 12.5. The number of rotatable bonds is 3. The highest BCUT2D eigenvalue weighted by molar-refractivity contribution is 5.36. The van der Waals surface area contributed by atoms with Gasteiger partial charge in [0.05, 0.1) is 0 Å². The van der Waals surface area contributed by atoms with Crippen molar-refractivity contribution in [3.8, 4) is 11.5 Å². The van der Waals surface area contributed by atoms with Crippen LogP contribution in [0.4, 0.5) is 0 Å². The van der Waals surface area contributed by atoms with E-state index in [1.807, 2.05) is 31.2 Å². The number of aromatic hydroxyl groups is 2. The number of phenols is 2. The van der Waals surface area contributed by atoms with Crippen LogP contribution in [0.5, 0.6) is 11.5 Å². The SMILES string of the molecule is Cc1cc(CC(C)c2ccc(O)cc2)ccc1O. The number of hydrogen-bond acceptors (Lipinski definition) is 2. The highest BCUT2D eigenvalue weighted by Gasteiger charge is 2.07. The fraction of sp³-hybridized carbons (Fsp3) is 0.250. The largest absolute Gasteiger partial charge is 0.508 e. The lowest BCUT2D eigenvalue weighted by Gasteiger charge is -2.13. The summed E-state index contributed by atoms with van der Waals surface area (Å²) in [7, 11) is 0. The molecule has 0 aliphatic heterocycles. The van der Waals surface area contributed by atoms with Gasteiger partial charge in [-0.1, -0.05) is 31.2 Å². The molecule has 94 valence electrons. The molecule has 2 aromatic rings. The van der Waals surface area contributed by atoms with Gasteiger partial charge in [-0.25, -0.2) is 0 Å². The van der Waals surface area contributed by atoms with E-state index in [-0.39, 0.29) is 0 Å². The molecule has 1 atom stereocenters. The summed E-state index contributed by atoms with van der Waals surface area (Å²) in [6.07, 6.45) is 0.923. The Balaban J connectivity index is 2.13. The lowest BCUT2D eigenvalue weighted by molar-refractivity contribution is 0.470. The predicted octanol–water partition coefficient (Wildman–Crippen LogP) is 3.75. The van der Waals surface area contributed by atoms with E-state index in [9.17, 15) is 10.2 Å². The van der Waals surface area contributed by atoms with Crippen LogP contribution in [0.3, 0.4) is 0 Å². The van der Waals surface area contributed by atoms with Gasteiger partial charge in [-0.05, 0) is 54.2 Å². The molecule has 2 N–H and O–H groups in total. The Morgan fingerprint density at radius 2 is 1.67 bits per heavy atom. The molecule has 0 heterocycles. The lowest BCUT2D eigenvalue weighted by Crippen LogP contribution is -1.98. The van der Waals surface area contributed by atoms with Gasteiger partial charge in [-0.15, -0.1) is 0 Å². The summed E-state index contributed by atoms with van der Waals surface area (Å²) in [5.74, 6) is 1.03. The van der Waals surface area contributed by atoms with Crippen LogP contribution in [0.25, 0.3) is 0 Å². The summed E-state index contributed by atoms with van der Waals surface area (Å²) in [4.78, 5) is 0. The summed E-state index contributed by atoms with van der Waals surface area (Å²) >= 11 is 0. The fourth-order valence-corrected chi connectivity index (χ4v) is 2.12. The Kier molecular flexibility index (Phi) is 3.56. The van der Waals surface area contributed by atoms with Gasteiger partial charge >= 0.3 is 0 Å². The quantitative estimate of drug-likeness (QED) is 0.860. The molecule has 0 spiro atoms. The smallest absolute Gasteiger partial charge is 0.118 e. The van der Waals surface area contributed by atoms with Crippen molar-refractivity contribution in [3.05, 3.63) is 59.2 Å². The van der Waals surface area contributed by atoms with Crippen molar-refractivity contribution in [1.29, 1.82) is 0 Å². The average Bonchev–Trinajstić information content (AvgIpc) is 2.34. The summed E-state index contributed by atoms with van der Waals surface area (Å²) < 4.78 is 0. The van der Waals surface area contributed by atoms with Crippen molar-refractivity contribution in [2.24, 2.45) is 0 Å². The molecular formula is C16H18O2. The van der Waals surface area contributed by atoms with Gasteiger partial charge in [-0.3, -0.25) is 0 Å². The number of phenolic OH excluding ortho intramolecular Hbond substituents is 2. The molecular weight excluding hydrogens is 224 g/mol. The second kappa shape index (κ2) is 5.13. The van der Waals surface area contributed by atoms with Crippen LogP contribution in [0.2, 0.25) is 0 Å². The van der Waals surface area contributed by atoms with Crippen molar-refractivity contribution in [3.63, 3.8) is 0 Å². The maximum absolute atomic E-state index is 9.50. The van der Waals surface area contributed by atoms with Crippen LogP contribution in [-0.2, 0) is 6.42 Å². The fourth-order valence-electron chi connectivity index (χ4n) is 2.12. The van der Waals surface area contributed by atoms with Gasteiger partial charge in [0, 0.05) is 0 Å². The minimum Gasteiger partial charge on any atom is -0.508 e. The van der Waals surface area contributed by atoms with E-state index in [4.69, 9.17) is 0 Å². The molecule has 2 rings (SSSR count). The number of aryl methyl sites for hydroxylation is 1. The molecule has 0 saturated heterocycles. The Morgan fingerprint density at radius 1 is 1.00 bits per heavy atom. The number of benzene rings is 2. The highest BCUT2D eigenvalue weighted by Crippen LogP contribution is 2.24. The van der Waals surface area contributed by atoms with Crippen molar-refractivity contribution >= 4 is 0 Å². The third-order valence-corrected chi connectivity index (χ3v) is 3.27. The molecule has 0 aliphatic carbocycles. The third kappa shape index (κ3) is 2.83. The molecule has 2 nitrogen and oxygen atoms in total. The van der Waals surface area contributed by atoms with Gasteiger partial charge in [0.15, 0.2) is 0 Å². The third-order valence-electron chi connectivity index (χ3n) is 3.27. The molecule has 0 radical (unpaired) electrons. The predicted molar refractivity (Wildman–Crippen MR) is 73.1 cm³/mol. The summed E-state index contributed by atoms with van der Waals surface area (Å²) in [6.45, 7) is 4.07. The van der Waals surface area contributed by atoms with Crippen LogP contribution in [0.1, 0.15) is 29.5 Å². The van der Waals surface area contributed by atoms with Crippen molar-refractivity contribution < 1.29 is 10.2 Å². The van der Waals surface area contributed by atoms with E-state index in [1.54, 1.807) is 18.2 Å². The molecule has 0 aromatic heterocycles. The Morgan fingerprint density at radius 3 is 2.28 bits per heavy atom. The highest BCUT2D eigenvalue weighted by atomic mass is 16.3. The topological polar surface area (TPSA) is 40.5 Å². The second-order valence-electron chi connectivity index (χ2n) is 4.82. The van der Waals surface area contributed by atoms with Crippen molar-refractivity contribution in [2.75, 3.05) is 0 Å². The minimum absolute atomic E-state index is 0.298.